The number of ketones is 2. The standard InChI is InChI=1S/C27H35N5O9.ClH/c1-31(2)15-9-14(30-16(34)10-29-5-6-33)21(35)18-12(15)7-11-8-13-20(32(3)4)23(37)19(26(28)40)25(39)27(13,41)24(38)17(11)22(18)36;/h9,11,13,20,29,33,35,37-38,41H,5-8,10H2,1-4H3,(H2,28,40)(H,30,34);1H/t11?,13?,20-,27?;/m0./s1. The summed E-state index contributed by atoms with van der Waals surface area (Å²) >= 11 is 0. The van der Waals surface area contributed by atoms with E-state index < -0.39 is 69.7 Å². The molecule has 42 heavy (non-hydrogen) atoms. The van der Waals surface area contributed by atoms with Crippen LogP contribution in [0.4, 0.5) is 11.4 Å². The Morgan fingerprint density at radius 2 is 1.79 bits per heavy atom. The lowest BCUT2D eigenvalue weighted by Crippen LogP contribution is -2.63. The highest BCUT2D eigenvalue weighted by Crippen LogP contribution is 2.53. The molecule has 4 rings (SSSR count). The molecule has 0 bridgehead atoms. The number of primary amides is 1. The third-order valence-electron chi connectivity index (χ3n) is 8.03. The largest absolute Gasteiger partial charge is 0.510 e. The van der Waals surface area contributed by atoms with Crippen LogP contribution < -0.4 is 21.3 Å². The minimum atomic E-state index is -2.74. The second-order valence-corrected chi connectivity index (χ2v) is 11.0. The SMILES string of the molecule is CN(C)c1cc(NC(=O)CNCCO)c(O)c2c1CC1CC3[C@H](N(C)C)C(O)=C(C(N)=O)C(=O)C3(O)C(O)=C1C2=O.Cl. The van der Waals surface area contributed by atoms with Gasteiger partial charge in [0.1, 0.15) is 17.1 Å². The van der Waals surface area contributed by atoms with Gasteiger partial charge in [0.15, 0.2) is 17.1 Å². The number of aliphatic hydroxyl groups is 4. The molecule has 1 aromatic carbocycles. The zero-order chi connectivity index (χ0) is 30.5. The number of phenols is 1. The fraction of sp³-hybridized carbons (Fsp3) is 0.481. The predicted molar refractivity (Wildman–Crippen MR) is 154 cm³/mol. The van der Waals surface area contributed by atoms with Crippen LogP contribution >= 0.6 is 12.4 Å². The minimum Gasteiger partial charge on any atom is -0.510 e. The highest BCUT2D eigenvalue weighted by molar-refractivity contribution is 6.25. The summed E-state index contributed by atoms with van der Waals surface area (Å²) in [4.78, 5) is 55.1. The number of aliphatic hydroxyl groups excluding tert-OH is 3. The number of likely N-dealkylation sites (N-methyl/N-ethyl adjacent to an activating group) is 1. The van der Waals surface area contributed by atoms with Gasteiger partial charge in [0.25, 0.3) is 5.91 Å². The number of nitrogens with one attached hydrogen (secondary N) is 2. The van der Waals surface area contributed by atoms with E-state index in [0.717, 1.165) is 0 Å². The Balaban J connectivity index is 0.00000484. The van der Waals surface area contributed by atoms with Gasteiger partial charge >= 0.3 is 0 Å². The second-order valence-electron chi connectivity index (χ2n) is 11.0. The summed E-state index contributed by atoms with van der Waals surface area (Å²) < 4.78 is 0. The molecular weight excluding hydrogens is 574 g/mol. The summed E-state index contributed by atoms with van der Waals surface area (Å²) in [5.41, 5.74) is 2.09. The molecule has 3 aliphatic carbocycles. The van der Waals surface area contributed by atoms with Gasteiger partial charge < -0.3 is 46.8 Å². The Morgan fingerprint density at radius 1 is 1.14 bits per heavy atom. The quantitative estimate of drug-likeness (QED) is 0.102. The van der Waals surface area contributed by atoms with Crippen LogP contribution in [0.5, 0.6) is 5.75 Å². The zero-order valence-corrected chi connectivity index (χ0v) is 24.4. The lowest BCUT2D eigenvalue weighted by atomic mass is 9.58. The third kappa shape index (κ3) is 4.98. The van der Waals surface area contributed by atoms with Crippen LogP contribution in [0.15, 0.2) is 28.7 Å². The third-order valence-corrected chi connectivity index (χ3v) is 8.03. The fourth-order valence-corrected chi connectivity index (χ4v) is 6.27. The molecule has 4 atom stereocenters. The second kappa shape index (κ2) is 11.9. The minimum absolute atomic E-state index is 0. The van der Waals surface area contributed by atoms with Crippen LogP contribution in [0, 0.1) is 11.8 Å². The Labute approximate surface area is 247 Å². The fourth-order valence-electron chi connectivity index (χ4n) is 6.27. The highest BCUT2D eigenvalue weighted by Gasteiger charge is 2.63. The van der Waals surface area contributed by atoms with E-state index in [1.165, 1.54) is 11.0 Å². The average molecular weight is 610 g/mol. The van der Waals surface area contributed by atoms with Gasteiger partial charge in [-0.25, -0.2) is 0 Å². The molecule has 0 saturated heterocycles. The number of rotatable bonds is 8. The van der Waals surface area contributed by atoms with Gasteiger partial charge in [0, 0.05) is 37.8 Å². The maximum absolute atomic E-state index is 14.0. The molecule has 0 aromatic heterocycles. The number of nitrogens with zero attached hydrogens (tertiary/aromatic N) is 2. The van der Waals surface area contributed by atoms with Crippen molar-refractivity contribution in [3.8, 4) is 5.75 Å². The summed E-state index contributed by atoms with van der Waals surface area (Å²) in [6, 6.07) is 0.429. The summed E-state index contributed by atoms with van der Waals surface area (Å²) in [5, 5.41) is 59.3. The molecule has 9 N–H and O–H groups in total. The van der Waals surface area contributed by atoms with E-state index in [-0.39, 0.29) is 61.8 Å². The molecule has 0 heterocycles. The van der Waals surface area contributed by atoms with Crippen LogP contribution in [0.1, 0.15) is 22.3 Å². The number of anilines is 2. The van der Waals surface area contributed by atoms with Crippen molar-refractivity contribution < 1.29 is 44.7 Å². The number of hydrogen-bond acceptors (Lipinski definition) is 12. The van der Waals surface area contributed by atoms with E-state index in [9.17, 15) is 39.6 Å². The number of aromatic hydroxyl groups is 1. The van der Waals surface area contributed by atoms with Crippen molar-refractivity contribution in [3.63, 3.8) is 0 Å². The molecule has 230 valence electrons. The van der Waals surface area contributed by atoms with E-state index in [4.69, 9.17) is 10.8 Å². The first-order valence-electron chi connectivity index (χ1n) is 13.0. The molecule has 2 amide bonds. The van der Waals surface area contributed by atoms with Crippen molar-refractivity contribution in [2.75, 3.05) is 58.1 Å². The van der Waals surface area contributed by atoms with Crippen LogP contribution in [-0.2, 0) is 20.8 Å². The summed E-state index contributed by atoms with van der Waals surface area (Å²) in [7, 11) is 6.55. The van der Waals surface area contributed by atoms with Gasteiger partial charge in [-0.15, -0.1) is 12.4 Å². The summed E-state index contributed by atoms with van der Waals surface area (Å²) in [5.74, 6) is -8.04. The normalized spacial score (nSPS) is 25.0. The number of phenolic OH excluding ortho intramolecular Hbond substituents is 1. The molecule has 0 fully saturated rings. The highest BCUT2D eigenvalue weighted by atomic mass is 35.5. The summed E-state index contributed by atoms with van der Waals surface area (Å²) in [6.07, 6.45) is 0.0797. The van der Waals surface area contributed by atoms with Crippen molar-refractivity contribution in [2.24, 2.45) is 17.6 Å². The van der Waals surface area contributed by atoms with E-state index in [1.54, 1.807) is 33.1 Å². The van der Waals surface area contributed by atoms with Crippen molar-refractivity contribution >= 4 is 47.2 Å². The average Bonchev–Trinajstić information content (AvgIpc) is 2.87. The van der Waals surface area contributed by atoms with E-state index in [2.05, 4.69) is 10.6 Å². The van der Waals surface area contributed by atoms with Crippen LogP contribution in [-0.4, -0.2) is 113 Å². The molecule has 3 unspecified atom stereocenters. The van der Waals surface area contributed by atoms with Crippen LogP contribution in [0.3, 0.4) is 0 Å². The van der Waals surface area contributed by atoms with Crippen molar-refractivity contribution in [3.05, 3.63) is 39.9 Å². The number of carbonyl (C=O) groups excluding carboxylic acids is 4. The molecule has 0 saturated carbocycles. The van der Waals surface area contributed by atoms with Gasteiger partial charge in [-0.3, -0.25) is 24.1 Å². The molecule has 15 heteroatoms. The van der Waals surface area contributed by atoms with E-state index in [1.807, 2.05) is 0 Å². The first-order valence-corrected chi connectivity index (χ1v) is 13.0. The number of nitrogens with two attached hydrogens (primary N) is 1. The number of allylic oxidation sites excluding steroid dienone is 1. The molecule has 0 aliphatic heterocycles. The smallest absolute Gasteiger partial charge is 0.255 e. The van der Waals surface area contributed by atoms with Crippen molar-refractivity contribution in [1.29, 1.82) is 0 Å². The number of carbonyl (C=O) groups is 4. The maximum Gasteiger partial charge on any atom is 0.255 e. The Morgan fingerprint density at radius 3 is 2.33 bits per heavy atom. The molecule has 1 aromatic rings. The number of benzene rings is 1. The number of halogens is 1. The number of fused-ring (bicyclic) bond motifs is 3. The number of amides is 2. The predicted octanol–water partition coefficient (Wildman–Crippen LogP) is -0.871. The van der Waals surface area contributed by atoms with E-state index in [0.29, 0.717) is 11.3 Å². The molecule has 0 spiro atoms. The maximum atomic E-state index is 14.0. The van der Waals surface area contributed by atoms with Gasteiger partial charge in [-0.05, 0) is 44.5 Å². The zero-order valence-electron chi connectivity index (χ0n) is 23.6. The summed E-state index contributed by atoms with van der Waals surface area (Å²) in [6.45, 7) is -0.193. The molecule has 3 aliphatic rings. The molecule has 0 radical (unpaired) electrons. The van der Waals surface area contributed by atoms with Gasteiger partial charge in [-0.1, -0.05) is 0 Å². The Kier molecular flexibility index (Phi) is 9.29. The van der Waals surface area contributed by atoms with Crippen LogP contribution in [0.2, 0.25) is 0 Å². The van der Waals surface area contributed by atoms with Crippen molar-refractivity contribution in [2.45, 2.75) is 24.5 Å². The van der Waals surface area contributed by atoms with E-state index >= 15 is 0 Å². The molecular formula is C27H36ClN5O9. The first kappa shape index (κ1) is 32.8. The van der Waals surface area contributed by atoms with Crippen molar-refractivity contribution in [1.82, 2.24) is 10.2 Å². The monoisotopic (exact) mass is 609 g/mol. The number of hydrogen-bond donors (Lipinski definition) is 8. The molecule has 14 nitrogen and oxygen atoms in total. The Hall–Kier alpha value is -3.69. The van der Waals surface area contributed by atoms with Gasteiger partial charge in [-0.2, -0.15) is 0 Å². The van der Waals surface area contributed by atoms with Crippen LogP contribution in [0.25, 0.3) is 0 Å². The van der Waals surface area contributed by atoms with Gasteiger partial charge in [0.2, 0.25) is 11.7 Å². The lowest BCUT2D eigenvalue weighted by molar-refractivity contribution is -0.148. The number of Topliss-reactive ketones (excluding diaryl/α,β-unsaturated/α-hetero) is 2. The topological polar surface area (TPSA) is 226 Å². The lowest BCUT2D eigenvalue weighted by Gasteiger charge is -2.50. The first-order chi connectivity index (χ1) is 19.2. The Bertz CT molecular complexity index is 1410. The van der Waals surface area contributed by atoms with Gasteiger partial charge in [0.05, 0.1) is 30.4 Å².